The Morgan fingerprint density at radius 1 is 0.970 bits per heavy atom. The number of hydrogen-bond donors (Lipinski definition) is 1. The summed E-state index contributed by atoms with van der Waals surface area (Å²) >= 11 is 0. The zero-order valence-electron chi connectivity index (χ0n) is 17.9. The lowest BCUT2D eigenvalue weighted by Crippen LogP contribution is -2.17. The molecule has 0 radical (unpaired) electrons. The number of aromatic nitrogens is 1. The van der Waals surface area contributed by atoms with Crippen molar-refractivity contribution in [3.63, 3.8) is 0 Å². The van der Waals surface area contributed by atoms with Crippen molar-refractivity contribution in [2.75, 3.05) is 6.61 Å². The maximum atomic E-state index is 12.9. The number of ether oxygens (including phenoxy) is 2. The van der Waals surface area contributed by atoms with Gasteiger partial charge >= 0.3 is 5.97 Å². The molecule has 33 heavy (non-hydrogen) atoms. The SMILES string of the molecule is CCOc1cc(C=NNC(=O)c2ccncc2)ccc1OC(=O)c1cccc2ccccc12. The summed E-state index contributed by atoms with van der Waals surface area (Å²) in [6, 6.07) is 21.4. The van der Waals surface area contributed by atoms with Gasteiger partial charge in [-0.15, -0.1) is 0 Å². The third-order valence-corrected chi connectivity index (χ3v) is 4.80. The van der Waals surface area contributed by atoms with Gasteiger partial charge < -0.3 is 9.47 Å². The van der Waals surface area contributed by atoms with Crippen LogP contribution in [0.4, 0.5) is 0 Å². The molecule has 164 valence electrons. The van der Waals surface area contributed by atoms with E-state index in [2.05, 4.69) is 15.5 Å². The minimum atomic E-state index is -0.473. The number of esters is 1. The van der Waals surface area contributed by atoms with Gasteiger partial charge in [-0.1, -0.05) is 36.4 Å². The van der Waals surface area contributed by atoms with Gasteiger partial charge in [0.2, 0.25) is 0 Å². The van der Waals surface area contributed by atoms with E-state index in [4.69, 9.17) is 9.47 Å². The van der Waals surface area contributed by atoms with E-state index >= 15 is 0 Å². The van der Waals surface area contributed by atoms with E-state index in [1.54, 1.807) is 36.4 Å². The van der Waals surface area contributed by atoms with Gasteiger partial charge in [0.1, 0.15) is 0 Å². The quantitative estimate of drug-likeness (QED) is 0.196. The van der Waals surface area contributed by atoms with Gasteiger partial charge in [-0.2, -0.15) is 5.10 Å². The molecule has 1 N–H and O–H groups in total. The summed E-state index contributed by atoms with van der Waals surface area (Å²) in [7, 11) is 0. The average Bonchev–Trinajstić information content (AvgIpc) is 2.85. The van der Waals surface area contributed by atoms with E-state index in [1.165, 1.54) is 18.6 Å². The summed E-state index contributed by atoms with van der Waals surface area (Å²) < 4.78 is 11.3. The Bertz CT molecular complexity index is 1310. The number of pyridine rings is 1. The van der Waals surface area contributed by atoms with Gasteiger partial charge in [0.15, 0.2) is 11.5 Å². The predicted octanol–water partition coefficient (Wildman–Crippen LogP) is 4.62. The number of amides is 1. The molecule has 3 aromatic carbocycles. The molecule has 0 bridgehead atoms. The summed E-state index contributed by atoms with van der Waals surface area (Å²) in [4.78, 5) is 28.8. The summed E-state index contributed by atoms with van der Waals surface area (Å²) in [6.07, 6.45) is 4.55. The lowest BCUT2D eigenvalue weighted by Gasteiger charge is -2.12. The third kappa shape index (κ3) is 5.22. The van der Waals surface area contributed by atoms with Crippen LogP contribution in [0.25, 0.3) is 10.8 Å². The van der Waals surface area contributed by atoms with E-state index in [-0.39, 0.29) is 5.91 Å². The lowest BCUT2D eigenvalue weighted by molar-refractivity contribution is 0.0730. The van der Waals surface area contributed by atoms with Gasteiger partial charge in [0.05, 0.1) is 18.4 Å². The third-order valence-electron chi connectivity index (χ3n) is 4.80. The zero-order valence-corrected chi connectivity index (χ0v) is 17.9. The highest BCUT2D eigenvalue weighted by molar-refractivity contribution is 6.05. The highest BCUT2D eigenvalue weighted by Crippen LogP contribution is 2.30. The van der Waals surface area contributed by atoms with Gasteiger partial charge in [-0.25, -0.2) is 10.2 Å². The molecule has 0 fully saturated rings. The molecule has 1 heterocycles. The molecule has 1 amide bonds. The number of nitrogens with one attached hydrogen (secondary N) is 1. The Hall–Kier alpha value is -4.52. The summed E-state index contributed by atoms with van der Waals surface area (Å²) in [5.74, 6) is -0.124. The maximum Gasteiger partial charge on any atom is 0.344 e. The van der Waals surface area contributed by atoms with Gasteiger partial charge in [0, 0.05) is 18.0 Å². The van der Waals surface area contributed by atoms with Gasteiger partial charge in [0.25, 0.3) is 5.91 Å². The minimum Gasteiger partial charge on any atom is -0.490 e. The zero-order chi connectivity index (χ0) is 23.0. The van der Waals surface area contributed by atoms with Crippen molar-refractivity contribution in [3.8, 4) is 11.5 Å². The van der Waals surface area contributed by atoms with Crippen LogP contribution in [-0.4, -0.2) is 29.7 Å². The first-order chi connectivity index (χ1) is 16.2. The van der Waals surface area contributed by atoms with Crippen LogP contribution in [0.5, 0.6) is 11.5 Å². The molecule has 0 aliphatic heterocycles. The van der Waals surface area contributed by atoms with Crippen molar-refractivity contribution < 1.29 is 19.1 Å². The molecule has 7 nitrogen and oxygen atoms in total. The number of carbonyl (C=O) groups is 2. The Labute approximate surface area is 190 Å². The second-order valence-electron chi connectivity index (χ2n) is 6.99. The molecular weight excluding hydrogens is 418 g/mol. The summed E-state index contributed by atoms with van der Waals surface area (Å²) in [5, 5.41) is 5.76. The molecule has 7 heteroatoms. The van der Waals surface area contributed by atoms with Crippen LogP contribution in [0.1, 0.15) is 33.2 Å². The number of hydrogen-bond acceptors (Lipinski definition) is 6. The first kappa shape index (κ1) is 21.7. The van der Waals surface area contributed by atoms with Crippen LogP contribution >= 0.6 is 0 Å². The lowest BCUT2D eigenvalue weighted by atomic mass is 10.0. The smallest absolute Gasteiger partial charge is 0.344 e. The topological polar surface area (TPSA) is 89.9 Å². The monoisotopic (exact) mass is 439 g/mol. The average molecular weight is 439 g/mol. The van der Waals surface area contributed by atoms with Crippen molar-refractivity contribution in [2.45, 2.75) is 6.92 Å². The summed E-state index contributed by atoms with van der Waals surface area (Å²) in [6.45, 7) is 2.23. The van der Waals surface area contributed by atoms with Crippen molar-refractivity contribution in [2.24, 2.45) is 5.10 Å². The molecular formula is C26H21N3O4. The van der Waals surface area contributed by atoms with E-state index in [0.717, 1.165) is 10.8 Å². The molecule has 0 saturated carbocycles. The van der Waals surface area contributed by atoms with Crippen LogP contribution in [0.15, 0.2) is 90.3 Å². The minimum absolute atomic E-state index is 0.299. The van der Waals surface area contributed by atoms with Crippen LogP contribution in [0, 0.1) is 0 Å². The molecule has 0 spiro atoms. The number of fused-ring (bicyclic) bond motifs is 1. The Balaban J connectivity index is 1.51. The fraction of sp³-hybridized carbons (Fsp3) is 0.0769. The van der Waals surface area contributed by atoms with Crippen molar-refractivity contribution >= 4 is 28.9 Å². The Kier molecular flexibility index (Phi) is 6.70. The fourth-order valence-electron chi connectivity index (χ4n) is 3.25. The first-order valence-electron chi connectivity index (χ1n) is 10.4. The maximum absolute atomic E-state index is 12.9. The van der Waals surface area contributed by atoms with Crippen molar-refractivity contribution in [3.05, 3.63) is 102 Å². The van der Waals surface area contributed by atoms with Crippen LogP contribution in [0.3, 0.4) is 0 Å². The number of benzene rings is 3. The number of rotatable bonds is 7. The van der Waals surface area contributed by atoms with Gasteiger partial charge in [-0.05, 0) is 59.7 Å². The number of nitrogens with zero attached hydrogens (tertiary/aromatic N) is 2. The first-order valence-corrected chi connectivity index (χ1v) is 10.4. The molecule has 0 aliphatic rings. The Morgan fingerprint density at radius 3 is 2.58 bits per heavy atom. The van der Waals surface area contributed by atoms with E-state index < -0.39 is 5.97 Å². The van der Waals surface area contributed by atoms with Crippen LogP contribution < -0.4 is 14.9 Å². The van der Waals surface area contributed by atoms with Crippen LogP contribution in [-0.2, 0) is 0 Å². The van der Waals surface area contributed by atoms with E-state index in [0.29, 0.717) is 34.8 Å². The van der Waals surface area contributed by atoms with Gasteiger partial charge in [-0.3, -0.25) is 9.78 Å². The molecule has 4 rings (SSSR count). The number of carbonyl (C=O) groups excluding carboxylic acids is 2. The molecule has 0 unspecified atom stereocenters. The predicted molar refractivity (Wildman–Crippen MR) is 126 cm³/mol. The van der Waals surface area contributed by atoms with E-state index in [9.17, 15) is 9.59 Å². The molecule has 0 saturated heterocycles. The normalized spacial score (nSPS) is 10.8. The summed E-state index contributed by atoms with van der Waals surface area (Å²) in [5.41, 5.74) is 4.05. The highest BCUT2D eigenvalue weighted by Gasteiger charge is 2.15. The molecule has 0 aliphatic carbocycles. The fourth-order valence-corrected chi connectivity index (χ4v) is 3.25. The highest BCUT2D eigenvalue weighted by atomic mass is 16.6. The van der Waals surface area contributed by atoms with Crippen molar-refractivity contribution in [1.29, 1.82) is 0 Å². The second-order valence-corrected chi connectivity index (χ2v) is 6.99. The largest absolute Gasteiger partial charge is 0.490 e. The number of hydrazone groups is 1. The van der Waals surface area contributed by atoms with Crippen LogP contribution in [0.2, 0.25) is 0 Å². The standard InChI is InChI=1S/C26H21N3O4/c1-2-32-24-16-18(17-28-29-25(30)20-12-14-27-15-13-20)10-11-23(24)33-26(31)22-9-5-7-19-6-3-4-8-21(19)22/h3-17H,2H2,1H3,(H,29,30). The molecule has 1 aromatic heterocycles. The van der Waals surface area contributed by atoms with E-state index in [1.807, 2.05) is 43.3 Å². The molecule has 4 aromatic rings. The Morgan fingerprint density at radius 2 is 1.76 bits per heavy atom. The van der Waals surface area contributed by atoms with Crippen molar-refractivity contribution in [1.82, 2.24) is 10.4 Å². The second kappa shape index (κ2) is 10.2. The molecule has 0 atom stereocenters.